The summed E-state index contributed by atoms with van der Waals surface area (Å²) in [6.07, 6.45) is 0.560. The smallest absolute Gasteiger partial charge is 0.342 e. The van der Waals surface area contributed by atoms with Crippen LogP contribution in [-0.2, 0) is 22.3 Å². The normalized spacial score (nSPS) is 11.3. The van der Waals surface area contributed by atoms with E-state index in [4.69, 9.17) is 0 Å². The maximum atomic E-state index is 12.5. The minimum absolute atomic E-state index is 0.177. The molecule has 0 aliphatic carbocycles. The van der Waals surface area contributed by atoms with Crippen LogP contribution in [0.1, 0.15) is 11.3 Å². The molecule has 11 heteroatoms. The summed E-state index contributed by atoms with van der Waals surface area (Å²) in [5.41, 5.74) is 0.0559. The number of amides is 2. The second-order valence-corrected chi connectivity index (χ2v) is 5.19. The Morgan fingerprint density at radius 1 is 1.08 bits per heavy atom. The molecule has 3 aromatic heterocycles. The third kappa shape index (κ3) is 3.77. The number of halogens is 3. The third-order valence-corrected chi connectivity index (χ3v) is 3.39. The number of alkyl halides is 3. The van der Waals surface area contributed by atoms with Gasteiger partial charge in [-0.15, -0.1) is 0 Å². The van der Waals surface area contributed by atoms with Crippen molar-refractivity contribution in [2.75, 3.05) is 5.32 Å². The Morgan fingerprint density at radius 3 is 2.58 bits per heavy atom. The zero-order valence-electron chi connectivity index (χ0n) is 13.0. The molecule has 3 rings (SSSR count). The second kappa shape index (κ2) is 6.78. The van der Waals surface area contributed by atoms with Crippen LogP contribution in [0.5, 0.6) is 0 Å². The van der Waals surface area contributed by atoms with E-state index in [1.54, 1.807) is 0 Å². The zero-order valence-corrected chi connectivity index (χ0v) is 13.0. The van der Waals surface area contributed by atoms with E-state index in [2.05, 4.69) is 30.8 Å². The Kier molecular flexibility index (Phi) is 4.52. The number of aromatic amines is 1. The lowest BCUT2D eigenvalue weighted by atomic mass is 10.2. The largest absolute Gasteiger partial charge is 0.417 e. The molecule has 2 amide bonds. The Labute approximate surface area is 143 Å². The molecule has 0 unspecified atom stereocenters. The number of anilines is 1. The summed E-state index contributed by atoms with van der Waals surface area (Å²) < 4.78 is 37.4. The monoisotopic (exact) mass is 364 g/mol. The van der Waals surface area contributed by atoms with E-state index in [0.717, 1.165) is 12.1 Å². The van der Waals surface area contributed by atoms with Gasteiger partial charge in [-0.2, -0.15) is 18.3 Å². The van der Waals surface area contributed by atoms with Crippen LogP contribution in [0, 0.1) is 0 Å². The lowest BCUT2D eigenvalue weighted by Gasteiger charge is -2.08. The Bertz CT molecular complexity index is 952. The fraction of sp³-hybridized carbons (Fsp3) is 0.133. The molecule has 134 valence electrons. The van der Waals surface area contributed by atoms with Crippen molar-refractivity contribution in [2.24, 2.45) is 0 Å². The van der Waals surface area contributed by atoms with Crippen molar-refractivity contribution in [1.82, 2.24) is 25.5 Å². The number of aromatic nitrogens is 4. The molecule has 0 spiro atoms. The number of nitrogens with zero attached hydrogens (tertiary/aromatic N) is 3. The predicted molar refractivity (Wildman–Crippen MR) is 83.6 cm³/mol. The Balaban J connectivity index is 1.59. The van der Waals surface area contributed by atoms with Crippen LogP contribution in [0.3, 0.4) is 0 Å². The van der Waals surface area contributed by atoms with E-state index in [9.17, 15) is 22.8 Å². The molecular weight excluding hydrogens is 353 g/mol. The third-order valence-electron chi connectivity index (χ3n) is 3.39. The van der Waals surface area contributed by atoms with Gasteiger partial charge in [-0.3, -0.25) is 24.7 Å². The van der Waals surface area contributed by atoms with Crippen molar-refractivity contribution < 1.29 is 22.8 Å². The van der Waals surface area contributed by atoms with Gasteiger partial charge in [-0.25, -0.2) is 0 Å². The van der Waals surface area contributed by atoms with Crippen LogP contribution in [-0.4, -0.2) is 32.0 Å². The van der Waals surface area contributed by atoms with Gasteiger partial charge in [0, 0.05) is 17.8 Å². The first-order chi connectivity index (χ1) is 12.3. The quantitative estimate of drug-likeness (QED) is 0.612. The number of H-pyrrole nitrogens is 1. The summed E-state index contributed by atoms with van der Waals surface area (Å²) in [6.45, 7) is -0.198. The molecule has 0 aliphatic rings. The van der Waals surface area contributed by atoms with Gasteiger partial charge >= 0.3 is 18.0 Å². The SMILES string of the molecule is O=C(NCc1ccc(C(F)(F)F)cn1)C(=O)Nc1cncc2cn[nH]c12. The first kappa shape index (κ1) is 17.3. The first-order valence-corrected chi connectivity index (χ1v) is 7.23. The van der Waals surface area contributed by atoms with E-state index < -0.39 is 23.6 Å². The maximum Gasteiger partial charge on any atom is 0.417 e. The van der Waals surface area contributed by atoms with Gasteiger partial charge in [0.15, 0.2) is 0 Å². The predicted octanol–water partition coefficient (Wildman–Crippen LogP) is 1.63. The second-order valence-electron chi connectivity index (χ2n) is 5.19. The highest BCUT2D eigenvalue weighted by molar-refractivity contribution is 6.40. The molecule has 0 aliphatic heterocycles. The van der Waals surface area contributed by atoms with E-state index in [1.165, 1.54) is 18.6 Å². The van der Waals surface area contributed by atoms with Gasteiger partial charge in [-0.1, -0.05) is 0 Å². The molecule has 3 heterocycles. The van der Waals surface area contributed by atoms with Crippen LogP contribution in [0.4, 0.5) is 18.9 Å². The lowest BCUT2D eigenvalue weighted by molar-refractivity contribution is -0.137. The van der Waals surface area contributed by atoms with E-state index in [1.807, 2.05) is 0 Å². The minimum Gasteiger partial charge on any atom is -0.342 e. The van der Waals surface area contributed by atoms with Crippen LogP contribution < -0.4 is 10.6 Å². The standard InChI is InChI=1S/C15H11F3N6O2/c16-15(17,18)9-1-2-10(20-5-9)6-21-13(25)14(26)23-11-7-19-3-8-4-22-24-12(8)11/h1-5,7H,6H2,(H,21,25)(H,22,24)(H,23,26). The van der Waals surface area contributed by atoms with Crippen molar-refractivity contribution >= 4 is 28.4 Å². The minimum atomic E-state index is -4.49. The van der Waals surface area contributed by atoms with Crippen LogP contribution in [0.2, 0.25) is 0 Å². The zero-order chi connectivity index (χ0) is 18.7. The molecule has 0 aromatic carbocycles. The number of nitrogens with one attached hydrogen (secondary N) is 3. The van der Waals surface area contributed by atoms with Crippen molar-refractivity contribution in [1.29, 1.82) is 0 Å². The molecule has 0 saturated carbocycles. The summed E-state index contributed by atoms with van der Waals surface area (Å²) in [5, 5.41) is 11.8. The molecule has 26 heavy (non-hydrogen) atoms. The fourth-order valence-electron chi connectivity index (χ4n) is 2.09. The summed E-state index contributed by atoms with van der Waals surface area (Å²) in [7, 11) is 0. The number of carbonyl (C=O) groups is 2. The number of hydrogen-bond donors (Lipinski definition) is 3. The number of pyridine rings is 2. The molecule has 3 N–H and O–H groups in total. The van der Waals surface area contributed by atoms with E-state index >= 15 is 0 Å². The molecular formula is C15H11F3N6O2. The van der Waals surface area contributed by atoms with Crippen LogP contribution in [0.15, 0.2) is 36.9 Å². The molecule has 0 atom stereocenters. The summed E-state index contributed by atoms with van der Waals surface area (Å²) in [5.74, 6) is -1.93. The van der Waals surface area contributed by atoms with Gasteiger partial charge < -0.3 is 10.6 Å². The summed E-state index contributed by atoms with van der Waals surface area (Å²) in [6, 6.07) is 1.97. The Hall–Kier alpha value is -3.50. The van der Waals surface area contributed by atoms with Crippen LogP contribution in [0.25, 0.3) is 10.9 Å². The summed E-state index contributed by atoms with van der Waals surface area (Å²) >= 11 is 0. The first-order valence-electron chi connectivity index (χ1n) is 7.23. The van der Waals surface area contributed by atoms with E-state index in [-0.39, 0.29) is 17.9 Å². The lowest BCUT2D eigenvalue weighted by Crippen LogP contribution is -2.35. The fourth-order valence-corrected chi connectivity index (χ4v) is 2.09. The number of hydrogen-bond acceptors (Lipinski definition) is 5. The van der Waals surface area contributed by atoms with Crippen molar-refractivity contribution in [2.45, 2.75) is 12.7 Å². The van der Waals surface area contributed by atoms with Crippen molar-refractivity contribution in [3.8, 4) is 0 Å². The van der Waals surface area contributed by atoms with Crippen molar-refractivity contribution in [3.63, 3.8) is 0 Å². The molecule has 3 aromatic rings. The average Bonchev–Trinajstić information content (AvgIpc) is 3.09. The molecule has 0 saturated heterocycles. The highest BCUT2D eigenvalue weighted by Crippen LogP contribution is 2.28. The number of rotatable bonds is 3. The average molecular weight is 364 g/mol. The number of carbonyl (C=O) groups excluding carboxylic acids is 2. The van der Waals surface area contributed by atoms with E-state index in [0.29, 0.717) is 17.1 Å². The Morgan fingerprint density at radius 2 is 1.88 bits per heavy atom. The maximum absolute atomic E-state index is 12.5. The molecule has 0 bridgehead atoms. The highest BCUT2D eigenvalue weighted by atomic mass is 19.4. The number of fused-ring (bicyclic) bond motifs is 1. The molecule has 8 nitrogen and oxygen atoms in total. The van der Waals surface area contributed by atoms with Gasteiger partial charge in [0.2, 0.25) is 0 Å². The topological polar surface area (TPSA) is 113 Å². The van der Waals surface area contributed by atoms with Crippen LogP contribution >= 0.6 is 0 Å². The van der Waals surface area contributed by atoms with Crippen molar-refractivity contribution in [3.05, 3.63) is 48.2 Å². The highest BCUT2D eigenvalue weighted by Gasteiger charge is 2.30. The molecule has 0 fully saturated rings. The van der Waals surface area contributed by atoms with Gasteiger partial charge in [-0.05, 0) is 12.1 Å². The molecule has 0 radical (unpaired) electrons. The van der Waals surface area contributed by atoms with Gasteiger partial charge in [0.25, 0.3) is 0 Å². The van der Waals surface area contributed by atoms with Gasteiger partial charge in [0.1, 0.15) is 0 Å². The van der Waals surface area contributed by atoms with Gasteiger partial charge in [0.05, 0.1) is 41.4 Å². The summed E-state index contributed by atoms with van der Waals surface area (Å²) in [4.78, 5) is 31.3.